The van der Waals surface area contributed by atoms with E-state index >= 15 is 0 Å². The van der Waals surface area contributed by atoms with Crippen LogP contribution in [-0.2, 0) is 19.1 Å². The Morgan fingerprint density at radius 2 is 1.21 bits per heavy atom. The van der Waals surface area contributed by atoms with E-state index in [9.17, 15) is 9.59 Å². The van der Waals surface area contributed by atoms with Gasteiger partial charge in [0.1, 0.15) is 0 Å². The highest BCUT2D eigenvalue weighted by atomic mass is 16.5. The topological polar surface area (TPSA) is 105 Å². The lowest BCUT2D eigenvalue weighted by atomic mass is 9.65. The lowest BCUT2D eigenvalue weighted by Crippen LogP contribution is -2.69. The van der Waals surface area contributed by atoms with E-state index in [1.165, 1.54) is 14.2 Å². The Kier molecular flexibility index (Phi) is 3.07. The summed E-state index contributed by atoms with van der Waals surface area (Å²) in [6.07, 6.45) is 0. The number of esters is 2. The normalized spacial score (nSPS) is 35.7. The van der Waals surface area contributed by atoms with Crippen molar-refractivity contribution in [2.45, 2.75) is 12.1 Å². The Bertz CT molecular complexity index is 230. The molecule has 0 amide bonds. The van der Waals surface area contributed by atoms with Crippen LogP contribution in [0.15, 0.2) is 0 Å². The average molecular weight is 202 g/mol. The number of ether oxygens (including phenoxy) is 2. The molecule has 80 valence electrons. The predicted molar refractivity (Wildman–Crippen MR) is 47.0 cm³/mol. The average Bonchev–Trinajstić information content (AvgIpc) is 2.22. The first-order valence-electron chi connectivity index (χ1n) is 4.21. The van der Waals surface area contributed by atoms with Crippen LogP contribution in [-0.4, -0.2) is 38.2 Å². The molecule has 0 aromatic carbocycles. The van der Waals surface area contributed by atoms with Gasteiger partial charge in [0.25, 0.3) is 0 Å². The maximum atomic E-state index is 11.2. The summed E-state index contributed by atoms with van der Waals surface area (Å²) < 4.78 is 9.03. The van der Waals surface area contributed by atoms with Crippen LogP contribution in [0.5, 0.6) is 0 Å². The summed E-state index contributed by atoms with van der Waals surface area (Å²) in [6.45, 7) is 0. The van der Waals surface area contributed by atoms with Gasteiger partial charge < -0.3 is 20.9 Å². The molecular weight excluding hydrogens is 188 g/mol. The molecule has 0 spiro atoms. The van der Waals surface area contributed by atoms with E-state index in [0.29, 0.717) is 0 Å². The lowest BCUT2D eigenvalue weighted by molar-refractivity contribution is -0.167. The number of hydrogen-bond acceptors (Lipinski definition) is 6. The van der Waals surface area contributed by atoms with E-state index in [0.717, 1.165) is 0 Å². The van der Waals surface area contributed by atoms with E-state index in [1.807, 2.05) is 0 Å². The van der Waals surface area contributed by atoms with Crippen LogP contribution in [0.1, 0.15) is 0 Å². The molecule has 0 aromatic heterocycles. The summed E-state index contributed by atoms with van der Waals surface area (Å²) in [5.41, 5.74) is 11.2. The quantitative estimate of drug-likeness (QED) is 0.513. The van der Waals surface area contributed by atoms with Crippen LogP contribution < -0.4 is 11.5 Å². The van der Waals surface area contributed by atoms with E-state index in [2.05, 4.69) is 9.47 Å². The smallest absolute Gasteiger partial charge is 0.311 e. The molecule has 14 heavy (non-hydrogen) atoms. The Balaban J connectivity index is 2.74. The molecule has 4 atom stereocenters. The van der Waals surface area contributed by atoms with E-state index < -0.39 is 35.9 Å². The summed E-state index contributed by atoms with van der Waals surface area (Å²) in [4.78, 5) is 22.4. The fourth-order valence-electron chi connectivity index (χ4n) is 1.69. The minimum atomic E-state index is -0.678. The van der Waals surface area contributed by atoms with Crippen LogP contribution in [0.25, 0.3) is 0 Å². The molecule has 0 heterocycles. The van der Waals surface area contributed by atoms with Crippen LogP contribution in [0, 0.1) is 11.8 Å². The van der Waals surface area contributed by atoms with Gasteiger partial charge in [0.15, 0.2) is 0 Å². The highest BCUT2D eigenvalue weighted by molar-refractivity contribution is 5.86. The molecule has 6 nitrogen and oxygen atoms in total. The van der Waals surface area contributed by atoms with E-state index in [-0.39, 0.29) is 0 Å². The van der Waals surface area contributed by atoms with Gasteiger partial charge in [0.05, 0.1) is 26.1 Å². The second-order valence-corrected chi connectivity index (χ2v) is 3.25. The SMILES string of the molecule is COC(=O)C1C(N)C(N)C1C(=O)OC. The van der Waals surface area contributed by atoms with Gasteiger partial charge in [0, 0.05) is 12.1 Å². The first kappa shape index (κ1) is 10.9. The molecule has 4 unspecified atom stereocenters. The summed E-state index contributed by atoms with van der Waals surface area (Å²) >= 11 is 0. The second-order valence-electron chi connectivity index (χ2n) is 3.25. The van der Waals surface area contributed by atoms with Crippen molar-refractivity contribution < 1.29 is 19.1 Å². The van der Waals surface area contributed by atoms with Gasteiger partial charge in [0.2, 0.25) is 0 Å². The molecule has 0 radical (unpaired) electrons. The molecule has 0 bridgehead atoms. The first-order chi connectivity index (χ1) is 6.54. The number of carbonyl (C=O) groups excluding carboxylic acids is 2. The van der Waals surface area contributed by atoms with E-state index in [4.69, 9.17) is 11.5 Å². The molecule has 1 fully saturated rings. The van der Waals surface area contributed by atoms with Crippen molar-refractivity contribution in [1.82, 2.24) is 0 Å². The molecule has 1 aliphatic rings. The predicted octanol–water partition coefficient (Wildman–Crippen LogP) is -1.77. The van der Waals surface area contributed by atoms with Gasteiger partial charge in [-0.2, -0.15) is 0 Å². The summed E-state index contributed by atoms with van der Waals surface area (Å²) in [7, 11) is 2.49. The molecule has 0 saturated heterocycles. The number of carbonyl (C=O) groups is 2. The fraction of sp³-hybridized carbons (Fsp3) is 0.750. The highest BCUT2D eigenvalue weighted by Gasteiger charge is 2.55. The van der Waals surface area contributed by atoms with Crippen LogP contribution in [0.4, 0.5) is 0 Å². The second kappa shape index (κ2) is 3.93. The zero-order valence-electron chi connectivity index (χ0n) is 8.10. The van der Waals surface area contributed by atoms with Gasteiger partial charge in [-0.3, -0.25) is 9.59 Å². The Hall–Kier alpha value is -1.14. The number of hydrogen-bond donors (Lipinski definition) is 2. The number of methoxy groups -OCH3 is 2. The molecule has 6 heteroatoms. The maximum Gasteiger partial charge on any atom is 0.311 e. The third-order valence-electron chi connectivity index (χ3n) is 2.61. The van der Waals surface area contributed by atoms with Crippen LogP contribution in [0.2, 0.25) is 0 Å². The van der Waals surface area contributed by atoms with E-state index in [1.54, 1.807) is 0 Å². The minimum Gasteiger partial charge on any atom is -0.469 e. The lowest BCUT2D eigenvalue weighted by Gasteiger charge is -2.44. The van der Waals surface area contributed by atoms with Gasteiger partial charge >= 0.3 is 11.9 Å². The summed E-state index contributed by atoms with van der Waals surface area (Å²) in [5.74, 6) is -2.39. The monoisotopic (exact) mass is 202 g/mol. The zero-order chi connectivity index (χ0) is 10.9. The molecule has 4 N–H and O–H groups in total. The fourth-order valence-corrected chi connectivity index (χ4v) is 1.69. The molecule has 1 rings (SSSR count). The standard InChI is InChI=1S/C8H14N2O4/c1-13-7(11)3-4(8(12)14-2)6(10)5(3)9/h3-6H,9-10H2,1-2H3. The Morgan fingerprint density at radius 1 is 0.929 bits per heavy atom. The summed E-state index contributed by atoms with van der Waals surface area (Å²) in [5, 5.41) is 0. The van der Waals surface area contributed by atoms with Crippen molar-refractivity contribution in [1.29, 1.82) is 0 Å². The van der Waals surface area contributed by atoms with Crippen molar-refractivity contribution in [2.24, 2.45) is 23.3 Å². The van der Waals surface area contributed by atoms with Gasteiger partial charge in [-0.15, -0.1) is 0 Å². The number of rotatable bonds is 2. The van der Waals surface area contributed by atoms with Gasteiger partial charge in [-0.25, -0.2) is 0 Å². The minimum absolute atomic E-state index is 0.519. The molecule has 0 aliphatic heterocycles. The van der Waals surface area contributed by atoms with Crippen molar-refractivity contribution >= 4 is 11.9 Å². The van der Waals surface area contributed by atoms with Gasteiger partial charge in [-0.1, -0.05) is 0 Å². The van der Waals surface area contributed by atoms with Crippen molar-refractivity contribution in [3.05, 3.63) is 0 Å². The first-order valence-corrected chi connectivity index (χ1v) is 4.21. The Labute approximate surface area is 81.5 Å². The van der Waals surface area contributed by atoms with Crippen molar-refractivity contribution in [3.63, 3.8) is 0 Å². The molecule has 1 aliphatic carbocycles. The number of nitrogens with two attached hydrogens (primary N) is 2. The largest absolute Gasteiger partial charge is 0.469 e. The van der Waals surface area contributed by atoms with Crippen LogP contribution >= 0.6 is 0 Å². The molecular formula is C8H14N2O4. The van der Waals surface area contributed by atoms with Gasteiger partial charge in [-0.05, 0) is 0 Å². The highest BCUT2D eigenvalue weighted by Crippen LogP contribution is 2.34. The third-order valence-corrected chi connectivity index (χ3v) is 2.61. The van der Waals surface area contributed by atoms with Crippen molar-refractivity contribution in [3.8, 4) is 0 Å². The zero-order valence-corrected chi connectivity index (χ0v) is 8.10. The molecule has 0 aromatic rings. The van der Waals surface area contributed by atoms with Crippen LogP contribution in [0.3, 0.4) is 0 Å². The third kappa shape index (κ3) is 1.46. The summed E-state index contributed by atoms with van der Waals surface area (Å²) in [6, 6.07) is -1.07. The molecule has 1 saturated carbocycles. The van der Waals surface area contributed by atoms with Crippen molar-refractivity contribution in [2.75, 3.05) is 14.2 Å². The maximum absolute atomic E-state index is 11.2. The Morgan fingerprint density at radius 3 is 1.43 bits per heavy atom.